The molecule has 1 aromatic rings. The standard InChI is InChI=1S/C17H25NO3/c1-12-6-7-16(13(2)10-12)21-9-8-17(20)18-11-14-4-3-5-15(14)19/h6-7,10,14-15,19H,3-5,8-9,11H2,1-2H3,(H,18,20). The van der Waals surface area contributed by atoms with E-state index in [0.717, 1.165) is 30.6 Å². The molecule has 2 rings (SSSR count). The van der Waals surface area contributed by atoms with Crippen LogP contribution in [0.15, 0.2) is 18.2 Å². The lowest BCUT2D eigenvalue weighted by Crippen LogP contribution is -2.33. The summed E-state index contributed by atoms with van der Waals surface area (Å²) < 4.78 is 5.65. The predicted octanol–water partition coefficient (Wildman–Crippen LogP) is 2.35. The van der Waals surface area contributed by atoms with E-state index in [4.69, 9.17) is 4.74 Å². The van der Waals surface area contributed by atoms with Crippen molar-refractivity contribution in [3.63, 3.8) is 0 Å². The van der Waals surface area contributed by atoms with Gasteiger partial charge in [-0.15, -0.1) is 0 Å². The summed E-state index contributed by atoms with van der Waals surface area (Å²) in [7, 11) is 0. The van der Waals surface area contributed by atoms with Crippen LogP contribution in [0, 0.1) is 19.8 Å². The van der Waals surface area contributed by atoms with Gasteiger partial charge in [0, 0.05) is 12.5 Å². The minimum Gasteiger partial charge on any atom is -0.493 e. The molecule has 4 nitrogen and oxygen atoms in total. The normalized spacial score (nSPS) is 21.3. The number of aliphatic hydroxyl groups excluding tert-OH is 1. The van der Waals surface area contributed by atoms with Crippen LogP contribution in [0.1, 0.15) is 36.8 Å². The van der Waals surface area contributed by atoms with Crippen LogP contribution < -0.4 is 10.1 Å². The molecule has 0 radical (unpaired) electrons. The molecule has 1 amide bonds. The van der Waals surface area contributed by atoms with Gasteiger partial charge in [-0.25, -0.2) is 0 Å². The van der Waals surface area contributed by atoms with Crippen molar-refractivity contribution in [1.82, 2.24) is 5.32 Å². The van der Waals surface area contributed by atoms with Gasteiger partial charge in [0.1, 0.15) is 5.75 Å². The van der Waals surface area contributed by atoms with Crippen LogP contribution in [0.4, 0.5) is 0 Å². The van der Waals surface area contributed by atoms with Crippen molar-refractivity contribution in [2.24, 2.45) is 5.92 Å². The number of hydrogen-bond donors (Lipinski definition) is 2. The van der Waals surface area contributed by atoms with E-state index in [2.05, 4.69) is 11.4 Å². The zero-order chi connectivity index (χ0) is 15.2. The van der Waals surface area contributed by atoms with Gasteiger partial charge in [0.25, 0.3) is 0 Å². The highest BCUT2D eigenvalue weighted by atomic mass is 16.5. The van der Waals surface area contributed by atoms with E-state index < -0.39 is 0 Å². The second kappa shape index (κ2) is 7.46. The molecule has 0 bridgehead atoms. The smallest absolute Gasteiger partial charge is 0.223 e. The third-order valence-electron chi connectivity index (χ3n) is 4.10. The molecule has 4 heteroatoms. The number of carbonyl (C=O) groups excluding carboxylic acids is 1. The van der Waals surface area contributed by atoms with Crippen LogP contribution >= 0.6 is 0 Å². The van der Waals surface area contributed by atoms with Gasteiger partial charge in [-0.1, -0.05) is 24.1 Å². The van der Waals surface area contributed by atoms with Crippen molar-refractivity contribution in [3.8, 4) is 5.75 Å². The number of amides is 1. The fraction of sp³-hybridized carbons (Fsp3) is 0.588. The quantitative estimate of drug-likeness (QED) is 0.846. The molecule has 0 heterocycles. The monoisotopic (exact) mass is 291 g/mol. The van der Waals surface area contributed by atoms with Gasteiger partial charge in [0.05, 0.1) is 19.1 Å². The zero-order valence-electron chi connectivity index (χ0n) is 12.9. The van der Waals surface area contributed by atoms with Crippen molar-refractivity contribution in [3.05, 3.63) is 29.3 Å². The molecule has 1 fully saturated rings. The van der Waals surface area contributed by atoms with Crippen LogP contribution in [0.3, 0.4) is 0 Å². The lowest BCUT2D eigenvalue weighted by atomic mass is 10.1. The Balaban J connectivity index is 1.67. The molecule has 1 aliphatic carbocycles. The van der Waals surface area contributed by atoms with Crippen LogP contribution in [0.5, 0.6) is 5.75 Å². The van der Waals surface area contributed by atoms with E-state index in [9.17, 15) is 9.90 Å². The van der Waals surface area contributed by atoms with Crippen molar-refractivity contribution in [2.75, 3.05) is 13.2 Å². The number of rotatable bonds is 6. The van der Waals surface area contributed by atoms with Crippen molar-refractivity contribution in [1.29, 1.82) is 0 Å². The van der Waals surface area contributed by atoms with Gasteiger partial charge in [-0.3, -0.25) is 4.79 Å². The summed E-state index contributed by atoms with van der Waals surface area (Å²) in [4.78, 5) is 11.8. The Kier molecular flexibility index (Phi) is 5.62. The van der Waals surface area contributed by atoms with Gasteiger partial charge in [-0.2, -0.15) is 0 Å². The summed E-state index contributed by atoms with van der Waals surface area (Å²) in [5, 5.41) is 12.6. The fourth-order valence-corrected chi connectivity index (χ4v) is 2.80. The first kappa shape index (κ1) is 15.8. The first-order valence-corrected chi connectivity index (χ1v) is 7.71. The molecule has 21 heavy (non-hydrogen) atoms. The van der Waals surface area contributed by atoms with E-state index in [1.807, 2.05) is 26.0 Å². The third kappa shape index (κ3) is 4.74. The van der Waals surface area contributed by atoms with Crippen LogP contribution in [-0.4, -0.2) is 30.3 Å². The van der Waals surface area contributed by atoms with E-state index in [1.165, 1.54) is 5.56 Å². The minimum absolute atomic E-state index is 0.0149. The maximum absolute atomic E-state index is 11.8. The summed E-state index contributed by atoms with van der Waals surface area (Å²) in [6.45, 7) is 5.00. The molecule has 116 valence electrons. The van der Waals surface area contributed by atoms with E-state index in [0.29, 0.717) is 19.6 Å². The Morgan fingerprint density at radius 2 is 2.19 bits per heavy atom. The molecule has 2 N–H and O–H groups in total. The van der Waals surface area contributed by atoms with Gasteiger partial charge in [-0.05, 0) is 38.3 Å². The second-order valence-electron chi connectivity index (χ2n) is 5.93. The first-order valence-electron chi connectivity index (χ1n) is 7.71. The summed E-state index contributed by atoms with van der Waals surface area (Å²) in [5.41, 5.74) is 2.29. The molecule has 0 saturated heterocycles. The van der Waals surface area contributed by atoms with Crippen LogP contribution in [0.25, 0.3) is 0 Å². The predicted molar refractivity (Wildman–Crippen MR) is 82.4 cm³/mol. The number of ether oxygens (including phenoxy) is 1. The Bertz CT molecular complexity index is 487. The zero-order valence-corrected chi connectivity index (χ0v) is 12.9. The largest absolute Gasteiger partial charge is 0.493 e. The van der Waals surface area contributed by atoms with E-state index in [-0.39, 0.29) is 17.9 Å². The van der Waals surface area contributed by atoms with Crippen LogP contribution in [-0.2, 0) is 4.79 Å². The summed E-state index contributed by atoms with van der Waals surface area (Å²) in [6, 6.07) is 6.01. The van der Waals surface area contributed by atoms with Gasteiger partial charge < -0.3 is 15.2 Å². The number of carbonyl (C=O) groups is 1. The molecule has 1 saturated carbocycles. The molecular weight excluding hydrogens is 266 g/mol. The Morgan fingerprint density at radius 1 is 1.38 bits per heavy atom. The first-order chi connectivity index (χ1) is 10.1. The highest BCUT2D eigenvalue weighted by Crippen LogP contribution is 2.24. The third-order valence-corrected chi connectivity index (χ3v) is 4.10. The SMILES string of the molecule is Cc1ccc(OCCC(=O)NCC2CCCC2O)c(C)c1. The van der Waals surface area contributed by atoms with Crippen LogP contribution in [0.2, 0.25) is 0 Å². The number of aliphatic hydroxyl groups is 1. The molecular formula is C17H25NO3. The summed E-state index contributed by atoms with van der Waals surface area (Å²) >= 11 is 0. The van der Waals surface area contributed by atoms with Gasteiger partial charge >= 0.3 is 0 Å². The Hall–Kier alpha value is -1.55. The molecule has 0 aromatic heterocycles. The average molecular weight is 291 g/mol. The molecule has 0 aliphatic heterocycles. The van der Waals surface area contributed by atoms with Gasteiger partial charge in [0.15, 0.2) is 0 Å². The Labute approximate surface area is 126 Å². The topological polar surface area (TPSA) is 58.6 Å². The second-order valence-corrected chi connectivity index (χ2v) is 5.93. The van der Waals surface area contributed by atoms with E-state index >= 15 is 0 Å². The van der Waals surface area contributed by atoms with E-state index in [1.54, 1.807) is 0 Å². The molecule has 1 aromatic carbocycles. The average Bonchev–Trinajstić information content (AvgIpc) is 2.84. The van der Waals surface area contributed by atoms with Crippen molar-refractivity contribution in [2.45, 2.75) is 45.6 Å². The molecule has 0 spiro atoms. The van der Waals surface area contributed by atoms with Crippen molar-refractivity contribution < 1.29 is 14.6 Å². The lowest BCUT2D eigenvalue weighted by Gasteiger charge is -2.15. The maximum atomic E-state index is 11.8. The number of hydrogen-bond acceptors (Lipinski definition) is 3. The fourth-order valence-electron chi connectivity index (χ4n) is 2.80. The highest BCUT2D eigenvalue weighted by Gasteiger charge is 2.25. The molecule has 1 aliphatic rings. The number of benzene rings is 1. The van der Waals surface area contributed by atoms with Crippen molar-refractivity contribution >= 4 is 5.91 Å². The minimum atomic E-state index is -0.253. The number of aryl methyl sites for hydroxylation is 2. The lowest BCUT2D eigenvalue weighted by molar-refractivity contribution is -0.121. The summed E-state index contributed by atoms with van der Waals surface area (Å²) in [6.07, 6.45) is 3.00. The molecule has 2 unspecified atom stereocenters. The molecule has 2 atom stereocenters. The van der Waals surface area contributed by atoms with Gasteiger partial charge in [0.2, 0.25) is 5.91 Å². The summed E-state index contributed by atoms with van der Waals surface area (Å²) in [5.74, 6) is 1.03. The highest BCUT2D eigenvalue weighted by molar-refractivity contribution is 5.76. The maximum Gasteiger partial charge on any atom is 0.223 e. The Morgan fingerprint density at radius 3 is 2.86 bits per heavy atom. The number of nitrogens with one attached hydrogen (secondary N) is 1.